The molecule has 3 nitrogen and oxygen atoms in total. The summed E-state index contributed by atoms with van der Waals surface area (Å²) in [6, 6.07) is 7.63. The van der Waals surface area contributed by atoms with E-state index in [-0.39, 0.29) is 0 Å². The van der Waals surface area contributed by atoms with Gasteiger partial charge in [-0.15, -0.1) is 0 Å². The van der Waals surface area contributed by atoms with Gasteiger partial charge in [-0.3, -0.25) is 0 Å². The first-order valence-electron chi connectivity index (χ1n) is 6.04. The summed E-state index contributed by atoms with van der Waals surface area (Å²) >= 11 is 0. The maximum Gasteiger partial charge on any atom is 0.223 e. The van der Waals surface area contributed by atoms with E-state index in [0.29, 0.717) is 11.6 Å². The van der Waals surface area contributed by atoms with Gasteiger partial charge in [0, 0.05) is 12.1 Å². The lowest BCUT2D eigenvalue weighted by molar-refractivity contribution is 0.618. The summed E-state index contributed by atoms with van der Waals surface area (Å²) in [5, 5.41) is 3.06. The van der Waals surface area contributed by atoms with Gasteiger partial charge in [0.15, 0.2) is 5.82 Å². The van der Waals surface area contributed by atoms with Crippen LogP contribution in [-0.2, 0) is 0 Å². The lowest BCUT2D eigenvalue weighted by Crippen LogP contribution is -2.05. The van der Waals surface area contributed by atoms with Gasteiger partial charge < -0.3 is 5.32 Å². The Morgan fingerprint density at radius 3 is 2.89 bits per heavy atom. The molecule has 2 rings (SSSR count). The molecule has 0 saturated carbocycles. The van der Waals surface area contributed by atoms with Gasteiger partial charge in [0.05, 0.1) is 6.20 Å². The number of nitrogens with one attached hydrogen (secondary N) is 1. The van der Waals surface area contributed by atoms with E-state index in [1.165, 1.54) is 6.20 Å². The number of benzene rings is 1. The first-order valence-corrected chi connectivity index (χ1v) is 6.04. The van der Waals surface area contributed by atoms with Gasteiger partial charge in [0.2, 0.25) is 5.95 Å². The van der Waals surface area contributed by atoms with E-state index < -0.39 is 5.82 Å². The molecule has 0 bridgehead atoms. The monoisotopic (exact) mass is 245 g/mol. The van der Waals surface area contributed by atoms with Crippen molar-refractivity contribution in [1.29, 1.82) is 0 Å². The van der Waals surface area contributed by atoms with Gasteiger partial charge in [0.25, 0.3) is 0 Å². The smallest absolute Gasteiger partial charge is 0.223 e. The molecule has 0 unspecified atom stereocenters. The van der Waals surface area contributed by atoms with Crippen molar-refractivity contribution in [2.24, 2.45) is 0 Å². The SMILES string of the molecule is CCCNc1ncc(F)c(-c2cccc(C)c2)n1. The van der Waals surface area contributed by atoms with Crippen LogP contribution in [0.15, 0.2) is 30.5 Å². The van der Waals surface area contributed by atoms with Crippen molar-refractivity contribution in [1.82, 2.24) is 9.97 Å². The molecule has 0 radical (unpaired) electrons. The fraction of sp³-hybridized carbons (Fsp3) is 0.286. The molecule has 0 saturated heterocycles. The number of rotatable bonds is 4. The fourth-order valence-electron chi connectivity index (χ4n) is 1.68. The van der Waals surface area contributed by atoms with Crippen LogP contribution in [0, 0.1) is 12.7 Å². The maximum absolute atomic E-state index is 13.8. The van der Waals surface area contributed by atoms with E-state index in [9.17, 15) is 4.39 Å². The maximum atomic E-state index is 13.8. The third-order valence-electron chi connectivity index (χ3n) is 2.57. The number of aryl methyl sites for hydroxylation is 1. The van der Waals surface area contributed by atoms with E-state index in [4.69, 9.17) is 0 Å². The number of nitrogens with zero attached hydrogens (tertiary/aromatic N) is 2. The van der Waals surface area contributed by atoms with Crippen LogP contribution in [0.25, 0.3) is 11.3 Å². The molecule has 0 aliphatic rings. The van der Waals surface area contributed by atoms with Crippen LogP contribution in [0.4, 0.5) is 10.3 Å². The molecule has 1 heterocycles. The van der Waals surface area contributed by atoms with Crippen molar-refractivity contribution in [3.63, 3.8) is 0 Å². The third-order valence-corrected chi connectivity index (χ3v) is 2.57. The van der Waals surface area contributed by atoms with Crippen LogP contribution in [0.1, 0.15) is 18.9 Å². The fourth-order valence-corrected chi connectivity index (χ4v) is 1.68. The Balaban J connectivity index is 2.37. The standard InChI is InChI=1S/C14H16FN3/c1-3-7-16-14-17-9-12(15)13(18-14)11-6-4-5-10(2)8-11/h4-6,8-9H,3,7H2,1-2H3,(H,16,17,18). The lowest BCUT2D eigenvalue weighted by Gasteiger charge is -2.07. The highest BCUT2D eigenvalue weighted by molar-refractivity contribution is 5.61. The van der Waals surface area contributed by atoms with Crippen LogP contribution < -0.4 is 5.32 Å². The van der Waals surface area contributed by atoms with Gasteiger partial charge in [-0.25, -0.2) is 14.4 Å². The molecule has 0 amide bonds. The van der Waals surface area contributed by atoms with Crippen molar-refractivity contribution in [3.05, 3.63) is 41.8 Å². The second-order valence-corrected chi connectivity index (χ2v) is 4.19. The molecular weight excluding hydrogens is 229 g/mol. The van der Waals surface area contributed by atoms with Crippen molar-refractivity contribution in [2.75, 3.05) is 11.9 Å². The Morgan fingerprint density at radius 2 is 2.17 bits per heavy atom. The van der Waals surface area contributed by atoms with Crippen molar-refractivity contribution < 1.29 is 4.39 Å². The number of halogens is 1. The minimum absolute atomic E-state index is 0.340. The van der Waals surface area contributed by atoms with Gasteiger partial charge in [-0.05, 0) is 19.4 Å². The third kappa shape index (κ3) is 2.83. The molecule has 2 aromatic rings. The van der Waals surface area contributed by atoms with Crippen molar-refractivity contribution in [3.8, 4) is 11.3 Å². The number of hydrogen-bond acceptors (Lipinski definition) is 3. The van der Waals surface area contributed by atoms with E-state index >= 15 is 0 Å². The Morgan fingerprint density at radius 1 is 1.33 bits per heavy atom. The largest absolute Gasteiger partial charge is 0.354 e. The van der Waals surface area contributed by atoms with Crippen LogP contribution in [0.5, 0.6) is 0 Å². The van der Waals surface area contributed by atoms with Gasteiger partial charge in [-0.1, -0.05) is 30.7 Å². The van der Waals surface area contributed by atoms with E-state index in [2.05, 4.69) is 22.2 Å². The van der Waals surface area contributed by atoms with Crippen molar-refractivity contribution >= 4 is 5.95 Å². The topological polar surface area (TPSA) is 37.8 Å². The zero-order chi connectivity index (χ0) is 13.0. The minimum Gasteiger partial charge on any atom is -0.354 e. The summed E-state index contributed by atoms with van der Waals surface area (Å²) in [5.74, 6) is 0.0670. The van der Waals surface area contributed by atoms with Gasteiger partial charge in [0.1, 0.15) is 5.69 Å². The molecule has 0 aliphatic carbocycles. The molecule has 0 atom stereocenters. The average molecular weight is 245 g/mol. The molecular formula is C14H16FN3. The van der Waals surface area contributed by atoms with E-state index in [1.54, 1.807) is 0 Å². The second-order valence-electron chi connectivity index (χ2n) is 4.19. The Kier molecular flexibility index (Phi) is 3.87. The Bertz CT molecular complexity index is 540. The highest BCUT2D eigenvalue weighted by Gasteiger charge is 2.09. The minimum atomic E-state index is -0.400. The summed E-state index contributed by atoms with van der Waals surface area (Å²) in [6.45, 7) is 4.80. The molecule has 0 fully saturated rings. The number of anilines is 1. The first kappa shape index (κ1) is 12.5. The first-order chi connectivity index (χ1) is 8.70. The molecule has 4 heteroatoms. The van der Waals surface area contributed by atoms with Crippen LogP contribution in [0.2, 0.25) is 0 Å². The van der Waals surface area contributed by atoms with E-state index in [1.807, 2.05) is 31.2 Å². The quantitative estimate of drug-likeness (QED) is 0.897. The zero-order valence-electron chi connectivity index (χ0n) is 10.6. The molecule has 1 aromatic heterocycles. The molecule has 1 N–H and O–H groups in total. The summed E-state index contributed by atoms with van der Waals surface area (Å²) in [7, 11) is 0. The predicted molar refractivity (Wildman–Crippen MR) is 70.9 cm³/mol. The molecule has 0 spiro atoms. The molecule has 0 aliphatic heterocycles. The highest BCUT2D eigenvalue weighted by Crippen LogP contribution is 2.21. The number of aromatic nitrogens is 2. The van der Waals surface area contributed by atoms with Gasteiger partial charge in [-0.2, -0.15) is 0 Å². The Labute approximate surface area is 106 Å². The number of hydrogen-bond donors (Lipinski definition) is 1. The summed E-state index contributed by atoms with van der Waals surface area (Å²) in [4.78, 5) is 8.15. The van der Waals surface area contributed by atoms with Gasteiger partial charge >= 0.3 is 0 Å². The molecule has 1 aromatic carbocycles. The second kappa shape index (κ2) is 5.58. The highest BCUT2D eigenvalue weighted by atomic mass is 19.1. The average Bonchev–Trinajstić information content (AvgIpc) is 2.38. The lowest BCUT2D eigenvalue weighted by atomic mass is 10.1. The molecule has 18 heavy (non-hydrogen) atoms. The predicted octanol–water partition coefficient (Wildman–Crippen LogP) is 3.41. The Hall–Kier alpha value is -1.97. The summed E-state index contributed by atoms with van der Waals surface area (Å²) in [5.41, 5.74) is 2.19. The van der Waals surface area contributed by atoms with Crippen molar-refractivity contribution in [2.45, 2.75) is 20.3 Å². The van der Waals surface area contributed by atoms with Crippen LogP contribution in [-0.4, -0.2) is 16.5 Å². The molecule has 94 valence electrons. The van der Waals surface area contributed by atoms with Crippen LogP contribution >= 0.6 is 0 Å². The zero-order valence-corrected chi connectivity index (χ0v) is 10.6. The normalized spacial score (nSPS) is 10.4. The summed E-state index contributed by atoms with van der Waals surface area (Å²) in [6.07, 6.45) is 2.18. The van der Waals surface area contributed by atoms with E-state index in [0.717, 1.165) is 24.1 Å². The summed E-state index contributed by atoms with van der Waals surface area (Å²) < 4.78 is 13.8. The van der Waals surface area contributed by atoms with Crippen LogP contribution in [0.3, 0.4) is 0 Å².